The Bertz CT molecular complexity index is 434. The van der Waals surface area contributed by atoms with Crippen LogP contribution in [0.4, 0.5) is 0 Å². The summed E-state index contributed by atoms with van der Waals surface area (Å²) in [7, 11) is 0. The first-order valence-electron chi connectivity index (χ1n) is 4.80. The summed E-state index contributed by atoms with van der Waals surface area (Å²) in [6.45, 7) is 3.78. The van der Waals surface area contributed by atoms with Crippen molar-refractivity contribution in [2.24, 2.45) is 0 Å². The molecular weight excluding hydrogens is 176 g/mol. The fraction of sp³-hybridized carbons (Fsp3) is 0.364. The zero-order valence-corrected chi connectivity index (χ0v) is 8.38. The van der Waals surface area contributed by atoms with Crippen LogP contribution in [0.25, 0.3) is 11.0 Å². The molecule has 0 aliphatic rings. The van der Waals surface area contributed by atoms with E-state index in [0.29, 0.717) is 0 Å². The standard InChI is InChI=1S/C11H14N2O/c1-8(9(2)14)13-7-12-10-5-3-4-6-11(10)13/h3-9,14H,1-2H3/t8-,9+/m0/s1. The molecule has 3 nitrogen and oxygen atoms in total. The smallest absolute Gasteiger partial charge is 0.0961 e. The van der Waals surface area contributed by atoms with E-state index in [0.717, 1.165) is 11.0 Å². The van der Waals surface area contributed by atoms with Crippen LogP contribution in [-0.2, 0) is 0 Å². The minimum atomic E-state index is -0.368. The fourth-order valence-electron chi connectivity index (χ4n) is 1.54. The molecule has 1 N–H and O–H groups in total. The van der Waals surface area contributed by atoms with E-state index >= 15 is 0 Å². The number of para-hydroxylation sites is 2. The van der Waals surface area contributed by atoms with Crippen LogP contribution in [0.3, 0.4) is 0 Å². The summed E-state index contributed by atoms with van der Waals surface area (Å²) in [6, 6.07) is 7.99. The maximum absolute atomic E-state index is 9.50. The number of imidazole rings is 1. The molecule has 0 unspecified atom stereocenters. The average molecular weight is 190 g/mol. The minimum absolute atomic E-state index is 0.0578. The Balaban J connectivity index is 2.53. The lowest BCUT2D eigenvalue weighted by Crippen LogP contribution is -2.17. The molecule has 0 aliphatic carbocycles. The molecule has 0 spiro atoms. The number of aliphatic hydroxyl groups excluding tert-OH is 1. The molecule has 3 heteroatoms. The number of fused-ring (bicyclic) bond motifs is 1. The van der Waals surface area contributed by atoms with Gasteiger partial charge in [-0.25, -0.2) is 4.98 Å². The Labute approximate surface area is 83.0 Å². The van der Waals surface area contributed by atoms with E-state index < -0.39 is 0 Å². The molecule has 14 heavy (non-hydrogen) atoms. The highest BCUT2D eigenvalue weighted by Gasteiger charge is 2.12. The molecule has 1 aromatic carbocycles. The molecule has 1 aromatic heterocycles. The van der Waals surface area contributed by atoms with Crippen molar-refractivity contribution < 1.29 is 5.11 Å². The van der Waals surface area contributed by atoms with Crippen LogP contribution in [0.15, 0.2) is 30.6 Å². The monoisotopic (exact) mass is 190 g/mol. The van der Waals surface area contributed by atoms with Gasteiger partial charge in [-0.2, -0.15) is 0 Å². The second-order valence-corrected chi connectivity index (χ2v) is 3.62. The molecule has 0 saturated carbocycles. The Kier molecular flexibility index (Phi) is 2.25. The number of hydrogen-bond acceptors (Lipinski definition) is 2. The van der Waals surface area contributed by atoms with Crippen LogP contribution in [-0.4, -0.2) is 20.8 Å². The van der Waals surface area contributed by atoms with Gasteiger partial charge >= 0.3 is 0 Å². The summed E-state index contributed by atoms with van der Waals surface area (Å²) in [5.41, 5.74) is 2.04. The van der Waals surface area contributed by atoms with Gasteiger partial charge in [0.2, 0.25) is 0 Å². The second kappa shape index (κ2) is 3.42. The maximum atomic E-state index is 9.50. The van der Waals surface area contributed by atoms with Crippen LogP contribution >= 0.6 is 0 Å². The summed E-state index contributed by atoms with van der Waals surface area (Å²) >= 11 is 0. The Morgan fingerprint density at radius 2 is 2.00 bits per heavy atom. The van der Waals surface area contributed by atoms with Gasteiger partial charge in [-0.3, -0.25) is 0 Å². The highest BCUT2D eigenvalue weighted by atomic mass is 16.3. The Morgan fingerprint density at radius 1 is 1.29 bits per heavy atom. The van der Waals surface area contributed by atoms with Crippen molar-refractivity contribution in [2.75, 3.05) is 0 Å². The zero-order valence-electron chi connectivity index (χ0n) is 8.38. The molecule has 0 saturated heterocycles. The predicted molar refractivity (Wildman–Crippen MR) is 56.1 cm³/mol. The van der Waals surface area contributed by atoms with Crippen LogP contribution < -0.4 is 0 Å². The van der Waals surface area contributed by atoms with Crippen molar-refractivity contribution in [3.63, 3.8) is 0 Å². The van der Waals surface area contributed by atoms with E-state index in [-0.39, 0.29) is 12.1 Å². The average Bonchev–Trinajstić information content (AvgIpc) is 2.60. The van der Waals surface area contributed by atoms with Crippen molar-refractivity contribution in [1.29, 1.82) is 0 Å². The number of hydrogen-bond donors (Lipinski definition) is 1. The molecule has 2 aromatic rings. The predicted octanol–water partition coefficient (Wildman–Crippen LogP) is 1.98. The van der Waals surface area contributed by atoms with E-state index in [4.69, 9.17) is 0 Å². The Morgan fingerprint density at radius 3 is 2.71 bits per heavy atom. The summed E-state index contributed by atoms with van der Waals surface area (Å²) < 4.78 is 2.00. The van der Waals surface area contributed by atoms with Gasteiger partial charge in [0.15, 0.2) is 0 Å². The van der Waals surface area contributed by atoms with Crippen molar-refractivity contribution in [2.45, 2.75) is 26.0 Å². The number of benzene rings is 1. The van der Waals surface area contributed by atoms with Gasteiger partial charge in [0, 0.05) is 0 Å². The van der Waals surface area contributed by atoms with Gasteiger partial charge < -0.3 is 9.67 Å². The molecule has 0 aliphatic heterocycles. The van der Waals surface area contributed by atoms with Gasteiger partial charge in [0.25, 0.3) is 0 Å². The van der Waals surface area contributed by atoms with Gasteiger partial charge in [0.1, 0.15) is 0 Å². The Hall–Kier alpha value is -1.35. The molecule has 0 radical (unpaired) electrons. The summed E-state index contributed by atoms with van der Waals surface area (Å²) in [5.74, 6) is 0. The number of aromatic nitrogens is 2. The van der Waals surface area contributed by atoms with E-state index in [1.807, 2.05) is 35.8 Å². The topological polar surface area (TPSA) is 38.0 Å². The lowest BCUT2D eigenvalue weighted by molar-refractivity contribution is 0.141. The van der Waals surface area contributed by atoms with Gasteiger partial charge in [0.05, 0.1) is 29.5 Å². The molecule has 1 heterocycles. The highest BCUT2D eigenvalue weighted by Crippen LogP contribution is 2.19. The van der Waals surface area contributed by atoms with E-state index in [9.17, 15) is 5.11 Å². The van der Waals surface area contributed by atoms with Crippen LogP contribution in [0.2, 0.25) is 0 Å². The maximum Gasteiger partial charge on any atom is 0.0961 e. The van der Waals surface area contributed by atoms with E-state index in [2.05, 4.69) is 4.98 Å². The summed E-state index contributed by atoms with van der Waals surface area (Å²) in [4.78, 5) is 4.27. The third kappa shape index (κ3) is 1.40. The third-order valence-corrected chi connectivity index (χ3v) is 2.62. The zero-order chi connectivity index (χ0) is 10.1. The molecule has 0 amide bonds. The number of rotatable bonds is 2. The van der Waals surface area contributed by atoms with Gasteiger partial charge in [-0.15, -0.1) is 0 Å². The largest absolute Gasteiger partial charge is 0.391 e. The fourth-order valence-corrected chi connectivity index (χ4v) is 1.54. The first-order chi connectivity index (χ1) is 6.70. The normalized spacial score (nSPS) is 15.6. The molecule has 2 rings (SSSR count). The van der Waals surface area contributed by atoms with Crippen LogP contribution in [0, 0.1) is 0 Å². The summed E-state index contributed by atoms with van der Waals surface area (Å²) in [5, 5.41) is 9.50. The molecule has 0 fully saturated rings. The SMILES string of the molecule is C[C@@H](O)[C@H](C)n1cnc2ccccc21. The number of nitrogens with zero attached hydrogens (tertiary/aromatic N) is 2. The molecule has 0 bridgehead atoms. The van der Waals surface area contributed by atoms with Gasteiger partial charge in [-0.1, -0.05) is 12.1 Å². The summed E-state index contributed by atoms with van der Waals surface area (Å²) in [6.07, 6.45) is 1.41. The van der Waals surface area contributed by atoms with Crippen LogP contribution in [0.1, 0.15) is 19.9 Å². The second-order valence-electron chi connectivity index (χ2n) is 3.62. The molecule has 74 valence electrons. The lowest BCUT2D eigenvalue weighted by Gasteiger charge is -2.16. The van der Waals surface area contributed by atoms with E-state index in [1.54, 1.807) is 13.3 Å². The van der Waals surface area contributed by atoms with Crippen molar-refractivity contribution in [3.8, 4) is 0 Å². The van der Waals surface area contributed by atoms with Crippen molar-refractivity contribution >= 4 is 11.0 Å². The minimum Gasteiger partial charge on any atom is -0.391 e. The van der Waals surface area contributed by atoms with Gasteiger partial charge in [-0.05, 0) is 26.0 Å². The van der Waals surface area contributed by atoms with E-state index in [1.165, 1.54) is 0 Å². The first kappa shape index (κ1) is 9.21. The molecular formula is C11H14N2O. The number of aliphatic hydroxyl groups is 1. The lowest BCUT2D eigenvalue weighted by atomic mass is 10.2. The van der Waals surface area contributed by atoms with Crippen LogP contribution in [0.5, 0.6) is 0 Å². The third-order valence-electron chi connectivity index (χ3n) is 2.62. The highest BCUT2D eigenvalue weighted by molar-refractivity contribution is 5.75. The quantitative estimate of drug-likeness (QED) is 0.786. The van der Waals surface area contributed by atoms with Crippen molar-refractivity contribution in [1.82, 2.24) is 9.55 Å². The first-order valence-corrected chi connectivity index (χ1v) is 4.80. The van der Waals surface area contributed by atoms with Crippen molar-refractivity contribution in [3.05, 3.63) is 30.6 Å². The molecule has 2 atom stereocenters.